The summed E-state index contributed by atoms with van der Waals surface area (Å²) in [4.78, 5) is 46.6. The Balaban J connectivity index is 1.48. The van der Waals surface area contributed by atoms with Gasteiger partial charge in [0.25, 0.3) is 5.56 Å². The number of hydrogen-bond donors (Lipinski definition) is 3. The molecule has 4 heterocycles. The third-order valence-electron chi connectivity index (χ3n) is 7.56. The predicted molar refractivity (Wildman–Crippen MR) is 130 cm³/mol. The number of para-hydroxylation sites is 2. The predicted octanol–water partition coefficient (Wildman–Crippen LogP) is 1.92. The Morgan fingerprint density at radius 1 is 1.06 bits per heavy atom. The van der Waals surface area contributed by atoms with Gasteiger partial charge in [0.05, 0.1) is 40.4 Å². The van der Waals surface area contributed by atoms with Gasteiger partial charge in [0.2, 0.25) is 11.8 Å². The van der Waals surface area contributed by atoms with E-state index in [9.17, 15) is 19.5 Å². The number of aromatic nitrogens is 2. The van der Waals surface area contributed by atoms with Crippen LogP contribution in [0.2, 0.25) is 0 Å². The second-order valence-electron chi connectivity index (χ2n) is 10.2. The van der Waals surface area contributed by atoms with Crippen LogP contribution < -0.4 is 21.1 Å². The Labute approximate surface area is 201 Å². The molecule has 2 aromatic carbocycles. The first-order valence-electron chi connectivity index (χ1n) is 11.9. The van der Waals surface area contributed by atoms with E-state index in [1.807, 2.05) is 38.1 Å². The number of amides is 2. The van der Waals surface area contributed by atoms with E-state index < -0.39 is 35.8 Å². The van der Waals surface area contributed by atoms with Crippen LogP contribution >= 0.6 is 0 Å². The molecule has 9 nitrogen and oxygen atoms in total. The number of rotatable bonds is 2. The number of aliphatic hydroxyl groups is 1. The molecule has 1 aromatic heterocycles. The number of hydrogen-bond acceptors (Lipinski definition) is 6. The standard InChI is InChI=1S/C26H27N5O4/c1-13-21-28-17-10-6-4-8-14(17)24(34)30(21)19(23(33)27-13)12-16-20(32)15-9-5-7-11-18(15)31-22(16)29-26(2,3)25(31)35/h4-11,13,16,19-20,22,29,32H,12H2,1-3H3,(H,27,33)/t13-,16-,19+,20-,22?/m0/s1. The first kappa shape index (κ1) is 21.9. The number of nitrogens with one attached hydrogen (secondary N) is 2. The Bertz CT molecular complexity index is 1450. The highest BCUT2D eigenvalue weighted by molar-refractivity contribution is 6.03. The number of carbonyl (C=O) groups excluding carboxylic acids is 2. The summed E-state index contributed by atoms with van der Waals surface area (Å²) in [6.07, 6.45) is -1.30. The Morgan fingerprint density at radius 2 is 1.77 bits per heavy atom. The lowest BCUT2D eigenvalue weighted by Crippen LogP contribution is -2.53. The number of aliphatic hydroxyl groups excluding tert-OH is 1. The zero-order chi connectivity index (χ0) is 24.6. The fourth-order valence-corrected chi connectivity index (χ4v) is 5.83. The van der Waals surface area contributed by atoms with Gasteiger partial charge in [0.1, 0.15) is 11.9 Å². The minimum absolute atomic E-state index is 0.0983. The smallest absolute Gasteiger partial charge is 0.262 e. The average molecular weight is 474 g/mol. The summed E-state index contributed by atoms with van der Waals surface area (Å²) in [6, 6.07) is 13.1. The molecule has 3 aliphatic heterocycles. The molecule has 35 heavy (non-hydrogen) atoms. The fraction of sp³-hybridized carbons (Fsp3) is 0.385. The molecule has 0 aliphatic carbocycles. The second-order valence-corrected chi connectivity index (χ2v) is 10.2. The lowest BCUT2D eigenvalue weighted by molar-refractivity contribution is -0.127. The van der Waals surface area contributed by atoms with E-state index in [0.717, 1.165) is 0 Å². The molecule has 2 amide bonds. The van der Waals surface area contributed by atoms with E-state index in [-0.39, 0.29) is 23.8 Å². The van der Waals surface area contributed by atoms with Crippen LogP contribution in [0.5, 0.6) is 0 Å². The van der Waals surface area contributed by atoms with Crippen molar-refractivity contribution < 1.29 is 14.7 Å². The first-order chi connectivity index (χ1) is 16.7. The SMILES string of the molecule is C[C@@H]1NC(=O)[C@@H](C[C@@H]2C3NC(C)(C)C(=O)N3c3ccccc3[C@@H]2O)n2c1nc1ccccc1c2=O. The van der Waals surface area contributed by atoms with Gasteiger partial charge in [-0.1, -0.05) is 30.3 Å². The molecule has 3 N–H and O–H groups in total. The van der Waals surface area contributed by atoms with Crippen molar-refractivity contribution in [1.29, 1.82) is 0 Å². The number of carbonyl (C=O) groups is 2. The van der Waals surface area contributed by atoms with Crippen molar-refractivity contribution >= 4 is 28.4 Å². The van der Waals surface area contributed by atoms with Crippen molar-refractivity contribution in [2.75, 3.05) is 4.90 Å². The molecule has 6 rings (SSSR count). The highest BCUT2D eigenvalue weighted by Gasteiger charge is 2.54. The summed E-state index contributed by atoms with van der Waals surface area (Å²) in [6.45, 7) is 5.42. The van der Waals surface area contributed by atoms with Gasteiger partial charge < -0.3 is 10.4 Å². The Kier molecular flexibility index (Phi) is 4.68. The summed E-state index contributed by atoms with van der Waals surface area (Å²) < 4.78 is 1.48. The van der Waals surface area contributed by atoms with Crippen molar-refractivity contribution in [3.05, 3.63) is 70.3 Å². The van der Waals surface area contributed by atoms with Crippen molar-refractivity contribution in [2.24, 2.45) is 5.92 Å². The molecule has 0 spiro atoms. The summed E-state index contributed by atoms with van der Waals surface area (Å²) >= 11 is 0. The summed E-state index contributed by atoms with van der Waals surface area (Å²) in [7, 11) is 0. The van der Waals surface area contributed by atoms with Gasteiger partial charge in [-0.05, 0) is 45.4 Å². The molecular weight excluding hydrogens is 446 g/mol. The quantitative estimate of drug-likeness (QED) is 0.524. The number of benzene rings is 2. The monoisotopic (exact) mass is 473 g/mol. The van der Waals surface area contributed by atoms with Crippen LogP contribution in [0, 0.1) is 5.92 Å². The molecule has 1 fully saturated rings. The minimum atomic E-state index is -0.929. The van der Waals surface area contributed by atoms with Crippen LogP contribution in [-0.4, -0.2) is 38.2 Å². The minimum Gasteiger partial charge on any atom is -0.388 e. The molecule has 1 unspecified atom stereocenters. The molecule has 180 valence electrons. The Morgan fingerprint density at radius 3 is 2.57 bits per heavy atom. The maximum absolute atomic E-state index is 13.6. The van der Waals surface area contributed by atoms with E-state index >= 15 is 0 Å². The van der Waals surface area contributed by atoms with Crippen LogP contribution in [0.3, 0.4) is 0 Å². The third kappa shape index (κ3) is 3.08. The molecule has 1 saturated heterocycles. The molecule has 0 radical (unpaired) electrons. The summed E-state index contributed by atoms with van der Waals surface area (Å²) in [5.41, 5.74) is 0.756. The number of anilines is 1. The van der Waals surface area contributed by atoms with Crippen molar-refractivity contribution in [3.8, 4) is 0 Å². The Hall–Kier alpha value is -3.56. The van der Waals surface area contributed by atoms with Crippen LogP contribution in [-0.2, 0) is 9.59 Å². The van der Waals surface area contributed by atoms with Crippen LogP contribution in [0.1, 0.15) is 56.8 Å². The summed E-state index contributed by atoms with van der Waals surface area (Å²) in [5, 5.41) is 18.2. The van der Waals surface area contributed by atoms with Gasteiger partial charge in [-0.25, -0.2) is 4.98 Å². The molecule has 3 aromatic rings. The molecule has 0 bridgehead atoms. The van der Waals surface area contributed by atoms with Gasteiger partial charge in [0.15, 0.2) is 0 Å². The molecular formula is C26H27N5O4. The van der Waals surface area contributed by atoms with E-state index in [4.69, 9.17) is 4.98 Å². The van der Waals surface area contributed by atoms with E-state index in [1.165, 1.54) is 4.57 Å². The van der Waals surface area contributed by atoms with Gasteiger partial charge >= 0.3 is 0 Å². The average Bonchev–Trinajstić information content (AvgIpc) is 3.07. The normalized spacial score (nSPS) is 28.9. The second kappa shape index (κ2) is 7.47. The van der Waals surface area contributed by atoms with E-state index in [2.05, 4.69) is 10.6 Å². The van der Waals surface area contributed by atoms with Crippen molar-refractivity contribution in [2.45, 2.75) is 57.1 Å². The fourth-order valence-electron chi connectivity index (χ4n) is 5.83. The van der Waals surface area contributed by atoms with Crippen LogP contribution in [0.15, 0.2) is 53.3 Å². The maximum atomic E-state index is 13.6. The largest absolute Gasteiger partial charge is 0.388 e. The van der Waals surface area contributed by atoms with Gasteiger partial charge in [-0.15, -0.1) is 0 Å². The molecule has 0 saturated carbocycles. The van der Waals surface area contributed by atoms with Gasteiger partial charge in [-0.2, -0.15) is 0 Å². The van der Waals surface area contributed by atoms with Gasteiger partial charge in [-0.3, -0.25) is 29.2 Å². The lowest BCUT2D eigenvalue weighted by Gasteiger charge is -2.43. The van der Waals surface area contributed by atoms with E-state index in [1.54, 1.807) is 36.1 Å². The molecule has 9 heteroatoms. The first-order valence-corrected chi connectivity index (χ1v) is 11.9. The number of nitrogens with zero attached hydrogens (tertiary/aromatic N) is 3. The number of fused-ring (bicyclic) bond motifs is 5. The van der Waals surface area contributed by atoms with Crippen LogP contribution in [0.4, 0.5) is 5.69 Å². The molecule has 3 aliphatic rings. The summed E-state index contributed by atoms with van der Waals surface area (Å²) in [5.74, 6) is -0.452. The zero-order valence-corrected chi connectivity index (χ0v) is 19.7. The van der Waals surface area contributed by atoms with Crippen molar-refractivity contribution in [1.82, 2.24) is 20.2 Å². The van der Waals surface area contributed by atoms with E-state index in [0.29, 0.717) is 28.0 Å². The van der Waals surface area contributed by atoms with Crippen LogP contribution in [0.25, 0.3) is 10.9 Å². The topological polar surface area (TPSA) is 117 Å². The maximum Gasteiger partial charge on any atom is 0.262 e. The van der Waals surface area contributed by atoms with Gasteiger partial charge in [0, 0.05) is 11.5 Å². The highest BCUT2D eigenvalue weighted by atomic mass is 16.3. The lowest BCUT2D eigenvalue weighted by atomic mass is 9.82. The third-order valence-corrected chi connectivity index (χ3v) is 7.56. The van der Waals surface area contributed by atoms with Crippen molar-refractivity contribution in [3.63, 3.8) is 0 Å². The zero-order valence-electron chi connectivity index (χ0n) is 19.7. The highest BCUT2D eigenvalue weighted by Crippen LogP contribution is 2.47. The molecule has 5 atom stereocenters.